The largest absolute Gasteiger partial charge is 0.452 e. The SMILES string of the molecule is O=C(COC(=O)c1ccc2c(c1)CCC(=O)N2)NCc1ccc(Cl)cc1. The van der Waals surface area contributed by atoms with Crippen molar-refractivity contribution in [2.24, 2.45) is 0 Å². The maximum absolute atomic E-state index is 12.1. The first-order valence-corrected chi connectivity index (χ1v) is 8.50. The minimum Gasteiger partial charge on any atom is -0.452 e. The molecule has 2 aromatic carbocycles. The number of benzene rings is 2. The summed E-state index contributed by atoms with van der Waals surface area (Å²) in [4.78, 5) is 35.3. The number of ether oxygens (including phenoxy) is 1. The second kappa shape index (κ2) is 8.01. The summed E-state index contributed by atoms with van der Waals surface area (Å²) >= 11 is 5.80. The van der Waals surface area contributed by atoms with Crippen molar-refractivity contribution in [2.45, 2.75) is 19.4 Å². The van der Waals surface area contributed by atoms with Crippen molar-refractivity contribution in [2.75, 3.05) is 11.9 Å². The van der Waals surface area contributed by atoms with Gasteiger partial charge in [0, 0.05) is 23.7 Å². The number of fused-ring (bicyclic) bond motifs is 1. The summed E-state index contributed by atoms with van der Waals surface area (Å²) in [6, 6.07) is 12.0. The Morgan fingerprint density at radius 1 is 1.12 bits per heavy atom. The van der Waals surface area contributed by atoms with E-state index >= 15 is 0 Å². The summed E-state index contributed by atoms with van der Waals surface area (Å²) in [7, 11) is 0. The van der Waals surface area contributed by atoms with Crippen LogP contribution in [-0.2, 0) is 27.3 Å². The Labute approximate surface area is 155 Å². The molecule has 7 heteroatoms. The van der Waals surface area contributed by atoms with Gasteiger partial charge in [-0.1, -0.05) is 23.7 Å². The molecule has 0 unspecified atom stereocenters. The van der Waals surface area contributed by atoms with Crippen molar-refractivity contribution >= 4 is 35.1 Å². The van der Waals surface area contributed by atoms with E-state index in [-0.39, 0.29) is 12.5 Å². The van der Waals surface area contributed by atoms with E-state index in [1.807, 2.05) is 0 Å². The van der Waals surface area contributed by atoms with Gasteiger partial charge in [0.1, 0.15) is 0 Å². The second-order valence-corrected chi connectivity index (χ2v) is 6.34. The molecular formula is C19H17ClN2O4. The fraction of sp³-hybridized carbons (Fsp3) is 0.211. The number of carbonyl (C=O) groups is 3. The molecule has 2 amide bonds. The van der Waals surface area contributed by atoms with Crippen molar-refractivity contribution in [3.05, 3.63) is 64.2 Å². The number of hydrogen-bond donors (Lipinski definition) is 2. The van der Waals surface area contributed by atoms with E-state index in [0.717, 1.165) is 11.1 Å². The average Bonchev–Trinajstić information content (AvgIpc) is 2.65. The second-order valence-electron chi connectivity index (χ2n) is 5.90. The van der Waals surface area contributed by atoms with E-state index in [9.17, 15) is 14.4 Å². The van der Waals surface area contributed by atoms with Gasteiger partial charge in [0.25, 0.3) is 5.91 Å². The predicted octanol–water partition coefficient (Wildman–Crippen LogP) is 2.70. The van der Waals surface area contributed by atoms with Crippen LogP contribution in [0.5, 0.6) is 0 Å². The molecule has 1 heterocycles. The van der Waals surface area contributed by atoms with Crippen molar-refractivity contribution in [1.29, 1.82) is 0 Å². The Bertz CT molecular complexity index is 849. The maximum atomic E-state index is 12.1. The molecule has 1 aliphatic heterocycles. The summed E-state index contributed by atoms with van der Waals surface area (Å²) in [5, 5.41) is 6.05. The first-order chi connectivity index (χ1) is 12.5. The molecule has 2 aromatic rings. The van der Waals surface area contributed by atoms with Gasteiger partial charge in [0.05, 0.1) is 5.56 Å². The molecular weight excluding hydrogens is 356 g/mol. The minimum absolute atomic E-state index is 0.0369. The number of rotatable bonds is 5. The zero-order valence-electron chi connectivity index (χ0n) is 13.9. The third kappa shape index (κ3) is 4.61. The fourth-order valence-electron chi connectivity index (χ4n) is 2.58. The molecule has 26 heavy (non-hydrogen) atoms. The first-order valence-electron chi connectivity index (χ1n) is 8.12. The van der Waals surface area contributed by atoms with Crippen molar-refractivity contribution in [1.82, 2.24) is 5.32 Å². The van der Waals surface area contributed by atoms with Gasteiger partial charge in [-0.15, -0.1) is 0 Å². The molecule has 0 radical (unpaired) electrons. The van der Waals surface area contributed by atoms with Crippen LogP contribution in [0.2, 0.25) is 5.02 Å². The molecule has 134 valence electrons. The van der Waals surface area contributed by atoms with Gasteiger partial charge in [0.2, 0.25) is 5.91 Å². The molecule has 0 aliphatic carbocycles. The number of hydrogen-bond acceptors (Lipinski definition) is 4. The summed E-state index contributed by atoms with van der Waals surface area (Å²) in [6.45, 7) is -0.0354. The van der Waals surface area contributed by atoms with Gasteiger partial charge in [-0.2, -0.15) is 0 Å². The van der Waals surface area contributed by atoms with Gasteiger partial charge >= 0.3 is 5.97 Å². The number of amides is 2. The van der Waals surface area contributed by atoms with Crippen LogP contribution in [0.4, 0.5) is 5.69 Å². The lowest BCUT2D eigenvalue weighted by molar-refractivity contribution is -0.124. The van der Waals surface area contributed by atoms with E-state index < -0.39 is 11.9 Å². The highest BCUT2D eigenvalue weighted by atomic mass is 35.5. The van der Waals surface area contributed by atoms with Gasteiger partial charge in [-0.25, -0.2) is 4.79 Å². The van der Waals surface area contributed by atoms with Crippen LogP contribution in [0.25, 0.3) is 0 Å². The molecule has 0 bridgehead atoms. The Balaban J connectivity index is 1.49. The molecule has 0 saturated heterocycles. The van der Waals surface area contributed by atoms with Crippen LogP contribution >= 0.6 is 11.6 Å². The number of aryl methyl sites for hydroxylation is 1. The quantitative estimate of drug-likeness (QED) is 0.790. The van der Waals surface area contributed by atoms with E-state index in [1.165, 1.54) is 0 Å². The number of halogens is 1. The minimum atomic E-state index is -0.577. The number of carbonyl (C=O) groups excluding carboxylic acids is 3. The van der Waals surface area contributed by atoms with Crippen LogP contribution in [0.15, 0.2) is 42.5 Å². The molecule has 0 spiro atoms. The third-order valence-corrected chi connectivity index (χ3v) is 4.23. The Kier molecular flexibility index (Phi) is 5.53. The normalized spacial score (nSPS) is 12.7. The molecule has 3 rings (SSSR count). The molecule has 1 aliphatic rings. The lowest BCUT2D eigenvalue weighted by Crippen LogP contribution is -2.28. The Morgan fingerprint density at radius 3 is 2.65 bits per heavy atom. The number of esters is 1. The zero-order valence-corrected chi connectivity index (χ0v) is 14.6. The van der Waals surface area contributed by atoms with Gasteiger partial charge < -0.3 is 15.4 Å². The van der Waals surface area contributed by atoms with E-state index in [1.54, 1.807) is 42.5 Å². The highest BCUT2D eigenvalue weighted by Gasteiger charge is 2.17. The van der Waals surface area contributed by atoms with Crippen molar-refractivity contribution < 1.29 is 19.1 Å². The van der Waals surface area contributed by atoms with Gasteiger partial charge in [-0.3, -0.25) is 9.59 Å². The third-order valence-electron chi connectivity index (χ3n) is 3.97. The molecule has 0 atom stereocenters. The van der Waals surface area contributed by atoms with Crippen LogP contribution in [0.3, 0.4) is 0 Å². The molecule has 0 fully saturated rings. The fourth-order valence-corrected chi connectivity index (χ4v) is 2.70. The lowest BCUT2D eigenvalue weighted by Gasteiger charge is -2.17. The van der Waals surface area contributed by atoms with Crippen LogP contribution < -0.4 is 10.6 Å². The van der Waals surface area contributed by atoms with Crippen LogP contribution in [-0.4, -0.2) is 24.4 Å². The van der Waals surface area contributed by atoms with Gasteiger partial charge in [0.15, 0.2) is 6.61 Å². The number of anilines is 1. The van der Waals surface area contributed by atoms with E-state index in [4.69, 9.17) is 16.3 Å². The van der Waals surface area contributed by atoms with Crippen molar-refractivity contribution in [3.8, 4) is 0 Å². The maximum Gasteiger partial charge on any atom is 0.338 e. The molecule has 0 aromatic heterocycles. The molecule has 0 saturated carbocycles. The monoisotopic (exact) mass is 372 g/mol. The van der Waals surface area contributed by atoms with E-state index in [2.05, 4.69) is 10.6 Å². The number of nitrogens with one attached hydrogen (secondary N) is 2. The van der Waals surface area contributed by atoms with Gasteiger partial charge in [-0.05, 0) is 47.9 Å². The zero-order chi connectivity index (χ0) is 18.5. The first kappa shape index (κ1) is 17.9. The standard InChI is InChI=1S/C19H17ClN2O4/c20-15-5-1-12(2-6-15)10-21-18(24)11-26-19(25)14-3-7-16-13(9-14)4-8-17(23)22-16/h1-3,5-7,9H,4,8,10-11H2,(H,21,24)(H,22,23). The highest BCUT2D eigenvalue weighted by molar-refractivity contribution is 6.30. The van der Waals surface area contributed by atoms with Crippen LogP contribution in [0, 0.1) is 0 Å². The Hall–Kier alpha value is -2.86. The summed E-state index contributed by atoms with van der Waals surface area (Å²) in [5.41, 5.74) is 2.83. The Morgan fingerprint density at radius 2 is 1.88 bits per heavy atom. The van der Waals surface area contributed by atoms with E-state index in [0.29, 0.717) is 35.7 Å². The lowest BCUT2D eigenvalue weighted by atomic mass is 10.0. The summed E-state index contributed by atoms with van der Waals surface area (Å²) in [6.07, 6.45) is 0.961. The van der Waals surface area contributed by atoms with Crippen LogP contribution in [0.1, 0.15) is 27.9 Å². The predicted molar refractivity (Wildman–Crippen MR) is 97.0 cm³/mol. The highest BCUT2D eigenvalue weighted by Crippen LogP contribution is 2.23. The summed E-state index contributed by atoms with van der Waals surface area (Å²) in [5.74, 6) is -1.00. The topological polar surface area (TPSA) is 84.5 Å². The molecule has 2 N–H and O–H groups in total. The molecule has 6 nitrogen and oxygen atoms in total. The smallest absolute Gasteiger partial charge is 0.338 e. The van der Waals surface area contributed by atoms with Crippen molar-refractivity contribution in [3.63, 3.8) is 0 Å². The average molecular weight is 373 g/mol. The summed E-state index contributed by atoms with van der Waals surface area (Å²) < 4.78 is 5.05.